The van der Waals surface area contributed by atoms with Crippen molar-refractivity contribution < 1.29 is 4.39 Å². The van der Waals surface area contributed by atoms with Crippen LogP contribution in [0.25, 0.3) is 6.08 Å². The summed E-state index contributed by atoms with van der Waals surface area (Å²) >= 11 is 0. The van der Waals surface area contributed by atoms with E-state index < -0.39 is 0 Å². The second-order valence-electron chi connectivity index (χ2n) is 4.38. The molecule has 0 unspecified atom stereocenters. The van der Waals surface area contributed by atoms with Crippen molar-refractivity contribution in [3.63, 3.8) is 0 Å². The van der Waals surface area contributed by atoms with Crippen molar-refractivity contribution in [1.82, 2.24) is 0 Å². The van der Waals surface area contributed by atoms with Gasteiger partial charge in [0.05, 0.1) is 0 Å². The van der Waals surface area contributed by atoms with Gasteiger partial charge in [0, 0.05) is 11.1 Å². The normalized spacial score (nSPS) is 15.3. The fourth-order valence-corrected chi connectivity index (χ4v) is 1.74. The zero-order chi connectivity index (χ0) is 10.3. The highest BCUT2D eigenvalue weighted by Crippen LogP contribution is 2.31. The second-order valence-corrected chi connectivity index (χ2v) is 4.38. The van der Waals surface area contributed by atoms with Gasteiger partial charge < -0.3 is 5.73 Å². The Bertz CT molecular complexity index is 399. The number of fused-ring (bicyclic) bond motifs is 1. The molecule has 1 aliphatic rings. The maximum atomic E-state index is 13.4. The SMILES string of the molecule is CC(C)(N)C1=Cc2c(F)cccc2C1. The first-order valence-corrected chi connectivity index (χ1v) is 4.76. The molecule has 0 bridgehead atoms. The van der Waals surface area contributed by atoms with E-state index in [0.29, 0.717) is 5.56 Å². The van der Waals surface area contributed by atoms with Crippen LogP contribution in [-0.4, -0.2) is 5.54 Å². The molecule has 2 N–H and O–H groups in total. The minimum absolute atomic E-state index is 0.151. The summed E-state index contributed by atoms with van der Waals surface area (Å²) in [5, 5.41) is 0. The molecule has 0 heterocycles. The average Bonchev–Trinajstić information content (AvgIpc) is 2.48. The van der Waals surface area contributed by atoms with Crippen LogP contribution in [0, 0.1) is 5.82 Å². The molecule has 1 nitrogen and oxygen atoms in total. The van der Waals surface area contributed by atoms with Crippen LogP contribution >= 0.6 is 0 Å². The molecule has 1 aromatic carbocycles. The molecule has 0 fully saturated rings. The minimum atomic E-state index is -0.356. The predicted molar refractivity (Wildman–Crippen MR) is 56.3 cm³/mol. The molecule has 14 heavy (non-hydrogen) atoms. The fraction of sp³-hybridized carbons (Fsp3) is 0.333. The van der Waals surface area contributed by atoms with Gasteiger partial charge in [0.2, 0.25) is 0 Å². The summed E-state index contributed by atoms with van der Waals surface area (Å²) in [6.45, 7) is 3.89. The van der Waals surface area contributed by atoms with E-state index in [1.807, 2.05) is 26.0 Å². The zero-order valence-electron chi connectivity index (χ0n) is 8.47. The van der Waals surface area contributed by atoms with Crippen molar-refractivity contribution in [2.24, 2.45) is 5.73 Å². The summed E-state index contributed by atoms with van der Waals surface area (Å²) in [6.07, 6.45) is 2.65. The third-order valence-electron chi connectivity index (χ3n) is 2.67. The first kappa shape index (κ1) is 9.41. The van der Waals surface area contributed by atoms with Gasteiger partial charge in [-0.25, -0.2) is 4.39 Å². The first-order valence-electron chi connectivity index (χ1n) is 4.76. The lowest BCUT2D eigenvalue weighted by Crippen LogP contribution is -2.34. The first-order chi connectivity index (χ1) is 6.48. The van der Waals surface area contributed by atoms with Gasteiger partial charge in [0.15, 0.2) is 0 Å². The summed E-state index contributed by atoms with van der Waals surface area (Å²) < 4.78 is 13.4. The van der Waals surface area contributed by atoms with Crippen LogP contribution in [0.5, 0.6) is 0 Å². The summed E-state index contributed by atoms with van der Waals surface area (Å²) in [6, 6.07) is 5.18. The number of benzene rings is 1. The zero-order valence-corrected chi connectivity index (χ0v) is 8.47. The van der Waals surface area contributed by atoms with E-state index in [2.05, 4.69) is 0 Å². The quantitative estimate of drug-likeness (QED) is 0.725. The van der Waals surface area contributed by atoms with E-state index >= 15 is 0 Å². The number of nitrogens with two attached hydrogens (primary N) is 1. The largest absolute Gasteiger partial charge is 0.322 e. The van der Waals surface area contributed by atoms with Crippen LogP contribution in [0.15, 0.2) is 23.8 Å². The maximum Gasteiger partial charge on any atom is 0.130 e. The third kappa shape index (κ3) is 1.46. The Morgan fingerprint density at radius 1 is 1.36 bits per heavy atom. The predicted octanol–water partition coefficient (Wildman–Crippen LogP) is 2.50. The Morgan fingerprint density at radius 2 is 2.07 bits per heavy atom. The highest BCUT2D eigenvalue weighted by Gasteiger charge is 2.24. The van der Waals surface area contributed by atoms with Crippen LogP contribution in [0.3, 0.4) is 0 Å². The molecule has 1 aromatic rings. The fourth-order valence-electron chi connectivity index (χ4n) is 1.74. The summed E-state index contributed by atoms with van der Waals surface area (Å²) in [7, 11) is 0. The highest BCUT2D eigenvalue weighted by molar-refractivity contribution is 5.66. The number of rotatable bonds is 1. The molecular formula is C12H14FN. The van der Waals surface area contributed by atoms with Crippen molar-refractivity contribution in [3.05, 3.63) is 40.7 Å². The highest BCUT2D eigenvalue weighted by atomic mass is 19.1. The molecule has 0 amide bonds. The van der Waals surface area contributed by atoms with Gasteiger partial charge in [0.1, 0.15) is 5.82 Å². The van der Waals surface area contributed by atoms with Gasteiger partial charge in [-0.2, -0.15) is 0 Å². The van der Waals surface area contributed by atoms with E-state index in [9.17, 15) is 4.39 Å². The Hall–Kier alpha value is -1.15. The molecule has 2 heteroatoms. The molecule has 0 radical (unpaired) electrons. The molecule has 0 saturated heterocycles. The number of halogens is 1. The van der Waals surface area contributed by atoms with Gasteiger partial charge in [-0.05, 0) is 37.5 Å². The lowest BCUT2D eigenvalue weighted by atomic mass is 9.94. The van der Waals surface area contributed by atoms with E-state index in [1.54, 1.807) is 6.07 Å². The van der Waals surface area contributed by atoms with E-state index in [4.69, 9.17) is 5.73 Å². The molecule has 0 atom stereocenters. The number of hydrogen-bond acceptors (Lipinski definition) is 1. The van der Waals surface area contributed by atoms with Crippen molar-refractivity contribution in [2.75, 3.05) is 0 Å². The lowest BCUT2D eigenvalue weighted by Gasteiger charge is -2.20. The van der Waals surface area contributed by atoms with Crippen molar-refractivity contribution in [1.29, 1.82) is 0 Å². The lowest BCUT2D eigenvalue weighted by molar-refractivity contribution is 0.604. The van der Waals surface area contributed by atoms with Gasteiger partial charge >= 0.3 is 0 Å². The van der Waals surface area contributed by atoms with Gasteiger partial charge in [-0.15, -0.1) is 0 Å². The number of hydrogen-bond donors (Lipinski definition) is 1. The van der Waals surface area contributed by atoms with Crippen molar-refractivity contribution in [3.8, 4) is 0 Å². The standard InChI is InChI=1S/C12H14FN/c1-12(2,14)9-6-8-4-3-5-11(13)10(8)7-9/h3-5,7H,6,14H2,1-2H3. The molecule has 74 valence electrons. The molecule has 0 aliphatic heterocycles. The van der Waals surface area contributed by atoms with E-state index in [0.717, 1.165) is 17.6 Å². The Balaban J connectivity index is 2.45. The summed E-state index contributed by atoms with van der Waals surface area (Å²) in [4.78, 5) is 0. The Kier molecular flexibility index (Phi) is 1.96. The average molecular weight is 191 g/mol. The van der Waals surface area contributed by atoms with Crippen LogP contribution in [0.4, 0.5) is 4.39 Å². The Labute approximate surface area is 83.4 Å². The third-order valence-corrected chi connectivity index (χ3v) is 2.67. The van der Waals surface area contributed by atoms with Gasteiger partial charge in [-0.3, -0.25) is 0 Å². The van der Waals surface area contributed by atoms with Crippen LogP contribution in [0.1, 0.15) is 25.0 Å². The molecule has 0 spiro atoms. The molecule has 2 rings (SSSR count). The van der Waals surface area contributed by atoms with Crippen molar-refractivity contribution >= 4 is 6.08 Å². The minimum Gasteiger partial charge on any atom is -0.322 e. The summed E-state index contributed by atoms with van der Waals surface area (Å²) in [5.74, 6) is -0.151. The monoisotopic (exact) mass is 191 g/mol. The molecule has 0 saturated carbocycles. The maximum absolute atomic E-state index is 13.4. The van der Waals surface area contributed by atoms with Gasteiger partial charge in [0.25, 0.3) is 0 Å². The van der Waals surface area contributed by atoms with E-state index in [1.165, 1.54) is 6.07 Å². The summed E-state index contributed by atoms with van der Waals surface area (Å²) in [5.41, 5.74) is 8.47. The van der Waals surface area contributed by atoms with Crippen LogP contribution in [-0.2, 0) is 6.42 Å². The Morgan fingerprint density at radius 3 is 2.64 bits per heavy atom. The molecular weight excluding hydrogens is 177 g/mol. The van der Waals surface area contributed by atoms with Crippen LogP contribution in [0.2, 0.25) is 0 Å². The smallest absolute Gasteiger partial charge is 0.130 e. The second kappa shape index (κ2) is 2.92. The van der Waals surface area contributed by atoms with Crippen molar-refractivity contribution in [2.45, 2.75) is 25.8 Å². The van der Waals surface area contributed by atoms with E-state index in [-0.39, 0.29) is 11.4 Å². The topological polar surface area (TPSA) is 26.0 Å². The molecule has 0 aromatic heterocycles. The molecule has 1 aliphatic carbocycles. The van der Waals surface area contributed by atoms with Crippen LogP contribution < -0.4 is 5.73 Å². The van der Waals surface area contributed by atoms with Gasteiger partial charge in [-0.1, -0.05) is 18.2 Å².